The molecule has 2 aromatic rings. The van der Waals surface area contributed by atoms with Crippen molar-refractivity contribution in [1.29, 1.82) is 0 Å². The molecule has 0 radical (unpaired) electrons. The molecule has 4 heteroatoms. The maximum absolute atomic E-state index is 11.8. The summed E-state index contributed by atoms with van der Waals surface area (Å²) in [6, 6.07) is 8.26. The maximum atomic E-state index is 11.8. The molecule has 0 fully saturated rings. The second kappa shape index (κ2) is 5.53. The van der Waals surface area contributed by atoms with E-state index in [1.54, 1.807) is 0 Å². The molecule has 1 aromatic heterocycles. The molecule has 21 heavy (non-hydrogen) atoms. The number of hydrogen-bond acceptors (Lipinski definition) is 4. The minimum Gasteiger partial charge on any atom is -0.465 e. The average Bonchev–Trinajstić information content (AvgIpc) is 2.74. The molecule has 1 heterocycles. The lowest BCUT2D eigenvalue weighted by molar-refractivity contribution is 0.0607. The molecule has 0 spiro atoms. The molecule has 3 nitrogen and oxygen atoms in total. The smallest absolute Gasteiger partial charge is 0.350 e. The minimum atomic E-state index is -0.375. The Kier molecular flexibility index (Phi) is 4.10. The van der Waals surface area contributed by atoms with Crippen molar-refractivity contribution in [2.24, 2.45) is 0 Å². The molecule has 0 amide bonds. The molecule has 0 aliphatic carbocycles. The van der Waals surface area contributed by atoms with Crippen LogP contribution in [0.15, 0.2) is 24.3 Å². The molecule has 0 atom stereocenters. The van der Waals surface area contributed by atoms with Crippen LogP contribution in [0.3, 0.4) is 0 Å². The lowest BCUT2D eigenvalue weighted by Gasteiger charge is -2.22. The Morgan fingerprint density at radius 1 is 1.24 bits per heavy atom. The van der Waals surface area contributed by atoms with Crippen LogP contribution in [0, 0.1) is 6.92 Å². The van der Waals surface area contributed by atoms with E-state index in [-0.39, 0.29) is 11.4 Å². The summed E-state index contributed by atoms with van der Waals surface area (Å²) in [7, 11) is 1.37. The Balaban J connectivity index is 2.67. The molecule has 0 aliphatic rings. The number of rotatable bonds is 2. The quantitative estimate of drug-likeness (QED) is 0.837. The summed E-state index contributed by atoms with van der Waals surface area (Å²) in [5, 5.41) is 0. The normalized spacial score (nSPS) is 11.5. The Morgan fingerprint density at radius 2 is 1.86 bits per heavy atom. The van der Waals surface area contributed by atoms with Crippen molar-refractivity contribution in [3.05, 3.63) is 40.3 Å². The minimum absolute atomic E-state index is 0.0210. The van der Waals surface area contributed by atoms with E-state index in [2.05, 4.69) is 32.9 Å². The van der Waals surface area contributed by atoms with Crippen LogP contribution >= 0.6 is 11.3 Å². The van der Waals surface area contributed by atoms with Gasteiger partial charge in [-0.1, -0.05) is 45.0 Å². The molecule has 0 bridgehead atoms. The van der Waals surface area contributed by atoms with Crippen molar-refractivity contribution in [3.8, 4) is 10.4 Å². The summed E-state index contributed by atoms with van der Waals surface area (Å²) < 4.78 is 4.81. The number of nitrogen functional groups attached to an aromatic ring is 1. The molecular formula is C17H21NO2S. The molecule has 0 saturated carbocycles. The molecular weight excluding hydrogens is 282 g/mol. The van der Waals surface area contributed by atoms with E-state index in [1.807, 2.05) is 19.1 Å². The summed E-state index contributed by atoms with van der Waals surface area (Å²) >= 11 is 1.40. The topological polar surface area (TPSA) is 52.3 Å². The van der Waals surface area contributed by atoms with Gasteiger partial charge in [-0.25, -0.2) is 4.79 Å². The molecule has 2 N–H and O–H groups in total. The number of anilines is 1. The van der Waals surface area contributed by atoms with Gasteiger partial charge in [-0.2, -0.15) is 0 Å². The number of benzene rings is 1. The van der Waals surface area contributed by atoms with Crippen LogP contribution in [0.25, 0.3) is 10.4 Å². The number of hydrogen-bond donors (Lipinski definition) is 1. The third-order valence-electron chi connectivity index (χ3n) is 3.54. The second-order valence-electron chi connectivity index (χ2n) is 6.09. The second-order valence-corrected chi connectivity index (χ2v) is 7.11. The summed E-state index contributed by atoms with van der Waals surface area (Å²) in [5.41, 5.74) is 9.94. The van der Waals surface area contributed by atoms with Crippen molar-refractivity contribution in [2.75, 3.05) is 12.8 Å². The van der Waals surface area contributed by atoms with Gasteiger partial charge in [0.15, 0.2) is 0 Å². The number of thiophene rings is 1. The van der Waals surface area contributed by atoms with Crippen molar-refractivity contribution in [2.45, 2.75) is 33.1 Å². The fourth-order valence-corrected chi connectivity index (χ4v) is 3.55. The van der Waals surface area contributed by atoms with Gasteiger partial charge in [0, 0.05) is 4.88 Å². The highest BCUT2D eigenvalue weighted by Gasteiger charge is 2.24. The number of carbonyl (C=O) groups is 1. The third-order valence-corrected chi connectivity index (χ3v) is 4.86. The first-order valence-electron chi connectivity index (χ1n) is 6.84. The van der Waals surface area contributed by atoms with Crippen molar-refractivity contribution in [1.82, 2.24) is 0 Å². The van der Waals surface area contributed by atoms with Crippen LogP contribution < -0.4 is 5.73 Å². The Bertz CT molecular complexity index is 681. The van der Waals surface area contributed by atoms with E-state index in [0.717, 1.165) is 16.0 Å². The Labute approximate surface area is 129 Å². The molecule has 112 valence electrons. The van der Waals surface area contributed by atoms with E-state index in [4.69, 9.17) is 10.5 Å². The zero-order chi connectivity index (χ0) is 15.8. The summed E-state index contributed by atoms with van der Waals surface area (Å²) in [5.74, 6) is -0.375. The molecule has 0 aliphatic heterocycles. The van der Waals surface area contributed by atoms with Crippen LogP contribution in [0.2, 0.25) is 0 Å². The van der Waals surface area contributed by atoms with Crippen molar-refractivity contribution >= 4 is 23.0 Å². The molecule has 0 saturated heterocycles. The number of nitrogens with two attached hydrogens (primary N) is 1. The third kappa shape index (κ3) is 2.81. The van der Waals surface area contributed by atoms with E-state index in [0.29, 0.717) is 10.6 Å². The molecule has 1 aromatic carbocycles. The van der Waals surface area contributed by atoms with Crippen LogP contribution in [0.5, 0.6) is 0 Å². The van der Waals surface area contributed by atoms with Gasteiger partial charge in [0.25, 0.3) is 0 Å². The van der Waals surface area contributed by atoms with Crippen molar-refractivity contribution in [3.63, 3.8) is 0 Å². The standard InChI is InChI=1S/C17H21NO2S/c1-10-13(18)15(16(19)20-5)21-14(10)11-8-6-7-9-12(11)17(2,3)4/h6-9H,18H2,1-5H3. The number of esters is 1. The fourth-order valence-electron chi connectivity index (χ4n) is 2.36. The van der Waals surface area contributed by atoms with Crippen LogP contribution in [0.4, 0.5) is 5.69 Å². The van der Waals surface area contributed by atoms with Crippen LogP contribution in [-0.2, 0) is 10.2 Å². The molecule has 0 unspecified atom stereocenters. The van der Waals surface area contributed by atoms with Gasteiger partial charge in [0.1, 0.15) is 4.88 Å². The lowest BCUT2D eigenvalue weighted by atomic mass is 9.83. The number of methoxy groups -OCH3 is 1. The highest BCUT2D eigenvalue weighted by molar-refractivity contribution is 7.18. The lowest BCUT2D eigenvalue weighted by Crippen LogP contribution is -2.12. The highest BCUT2D eigenvalue weighted by atomic mass is 32.1. The van der Waals surface area contributed by atoms with E-state index < -0.39 is 0 Å². The Morgan fingerprint density at radius 3 is 2.43 bits per heavy atom. The number of ether oxygens (including phenoxy) is 1. The van der Waals surface area contributed by atoms with Gasteiger partial charge in [0.05, 0.1) is 12.8 Å². The summed E-state index contributed by atoms with van der Waals surface area (Å²) in [6.45, 7) is 8.49. The van der Waals surface area contributed by atoms with Gasteiger partial charge < -0.3 is 10.5 Å². The monoisotopic (exact) mass is 303 g/mol. The Hall–Kier alpha value is -1.81. The first-order chi connectivity index (χ1) is 9.77. The van der Waals surface area contributed by atoms with Gasteiger partial charge in [0.2, 0.25) is 0 Å². The highest BCUT2D eigenvalue weighted by Crippen LogP contribution is 2.42. The predicted octanol–water partition coefficient (Wildman–Crippen LogP) is 4.39. The first-order valence-corrected chi connectivity index (χ1v) is 7.66. The average molecular weight is 303 g/mol. The SMILES string of the molecule is COC(=O)c1sc(-c2ccccc2C(C)(C)C)c(C)c1N. The molecule has 2 rings (SSSR count). The van der Waals surface area contributed by atoms with Gasteiger partial charge >= 0.3 is 5.97 Å². The zero-order valence-corrected chi connectivity index (χ0v) is 13.9. The first kappa shape index (κ1) is 15.6. The number of carbonyl (C=O) groups excluding carboxylic acids is 1. The van der Waals surface area contributed by atoms with Crippen LogP contribution in [0.1, 0.15) is 41.6 Å². The van der Waals surface area contributed by atoms with E-state index >= 15 is 0 Å². The summed E-state index contributed by atoms with van der Waals surface area (Å²) in [4.78, 5) is 13.3. The van der Waals surface area contributed by atoms with Crippen molar-refractivity contribution < 1.29 is 9.53 Å². The largest absolute Gasteiger partial charge is 0.465 e. The predicted molar refractivity (Wildman–Crippen MR) is 88.9 cm³/mol. The van der Waals surface area contributed by atoms with Crippen LogP contribution in [-0.4, -0.2) is 13.1 Å². The zero-order valence-electron chi connectivity index (χ0n) is 13.1. The summed E-state index contributed by atoms with van der Waals surface area (Å²) in [6.07, 6.45) is 0. The van der Waals surface area contributed by atoms with E-state index in [9.17, 15) is 4.79 Å². The van der Waals surface area contributed by atoms with E-state index in [1.165, 1.54) is 24.0 Å². The van der Waals surface area contributed by atoms with Gasteiger partial charge in [-0.15, -0.1) is 11.3 Å². The fraction of sp³-hybridized carbons (Fsp3) is 0.353. The maximum Gasteiger partial charge on any atom is 0.350 e. The van der Waals surface area contributed by atoms with Gasteiger partial charge in [-0.05, 0) is 29.0 Å². The van der Waals surface area contributed by atoms with Gasteiger partial charge in [-0.3, -0.25) is 0 Å².